The van der Waals surface area contributed by atoms with Crippen molar-refractivity contribution in [2.75, 3.05) is 52.9 Å². The number of carbonyl (C=O) groups excluding carboxylic acids is 2. The number of hydrogen-bond donors (Lipinski definition) is 2. The molecule has 1 aliphatic heterocycles. The zero-order valence-electron chi connectivity index (χ0n) is 20.3. The van der Waals surface area contributed by atoms with E-state index < -0.39 is 0 Å². The zero-order valence-corrected chi connectivity index (χ0v) is 21.8. The number of hydrogen-bond acceptors (Lipinski definition) is 6. The van der Waals surface area contributed by atoms with Gasteiger partial charge in [-0.3, -0.25) is 14.5 Å². The maximum Gasteiger partial charge on any atom is 0.310 e. The van der Waals surface area contributed by atoms with Crippen LogP contribution in [0.1, 0.15) is 38.2 Å². The minimum Gasteiger partial charge on any atom is -0.466 e. The van der Waals surface area contributed by atoms with Crippen LogP contribution in [0, 0.1) is 5.92 Å². The first-order valence-corrected chi connectivity index (χ1v) is 13.2. The Bertz CT molecular complexity index is 817. The highest BCUT2D eigenvalue weighted by molar-refractivity contribution is 6.35. The van der Waals surface area contributed by atoms with Gasteiger partial charge in [-0.2, -0.15) is 0 Å². The number of carbonyl (C=O) groups is 2. The molecule has 3 rings (SSSR count). The number of halogens is 2. The molecule has 1 heterocycles. The molecule has 1 unspecified atom stereocenters. The number of esters is 1. The summed E-state index contributed by atoms with van der Waals surface area (Å²) in [5.74, 6) is -0.0364. The predicted molar refractivity (Wildman–Crippen MR) is 136 cm³/mol. The van der Waals surface area contributed by atoms with Crippen molar-refractivity contribution in [1.82, 2.24) is 20.4 Å². The highest BCUT2D eigenvalue weighted by Crippen LogP contribution is 2.30. The van der Waals surface area contributed by atoms with Crippen molar-refractivity contribution >= 4 is 35.1 Å². The van der Waals surface area contributed by atoms with Gasteiger partial charge >= 0.3 is 5.97 Å². The molecule has 1 aromatic carbocycles. The number of rotatable bonds is 10. The lowest BCUT2D eigenvalue weighted by Crippen LogP contribution is -2.58. The highest BCUT2D eigenvalue weighted by Gasteiger charge is 2.38. The van der Waals surface area contributed by atoms with Gasteiger partial charge in [0.05, 0.1) is 18.6 Å². The van der Waals surface area contributed by atoms with E-state index >= 15 is 0 Å². The molecular weight excluding hydrogens is 475 g/mol. The fraction of sp³-hybridized carbons (Fsp3) is 0.680. The molecule has 1 amide bonds. The molecule has 3 atom stereocenters. The molecule has 7 nitrogen and oxygen atoms in total. The molecule has 2 aliphatic rings. The van der Waals surface area contributed by atoms with E-state index in [1.165, 1.54) is 0 Å². The number of nitrogens with one attached hydrogen (secondary N) is 2. The van der Waals surface area contributed by atoms with Crippen LogP contribution in [0.4, 0.5) is 0 Å². The molecule has 0 bridgehead atoms. The number of likely N-dealkylation sites (N-methyl/N-ethyl adjacent to an activating group) is 1. The monoisotopic (exact) mass is 512 g/mol. The van der Waals surface area contributed by atoms with E-state index in [2.05, 4.69) is 15.5 Å². The molecule has 9 heteroatoms. The average Bonchev–Trinajstić information content (AvgIpc) is 2.85. The van der Waals surface area contributed by atoms with Gasteiger partial charge in [-0.25, -0.2) is 0 Å². The molecule has 0 radical (unpaired) electrons. The summed E-state index contributed by atoms with van der Waals surface area (Å²) in [6, 6.07) is 5.27. The van der Waals surface area contributed by atoms with E-state index in [1.807, 2.05) is 24.9 Å². The second kappa shape index (κ2) is 13.6. The largest absolute Gasteiger partial charge is 0.466 e. The predicted octanol–water partition coefficient (Wildman–Crippen LogP) is 2.98. The van der Waals surface area contributed by atoms with Gasteiger partial charge in [0.1, 0.15) is 0 Å². The maximum absolute atomic E-state index is 13.5. The lowest BCUT2D eigenvalue weighted by Gasteiger charge is -2.44. The standard InChI is InChI=1S/C25H38Cl2N4O3/c1-3-34-25(33)20-6-4-5-7-23(20)30-12-14-31(15-13-30)24(32)22(29-11-10-28-2)16-18-8-9-19(26)17-21(18)27/h8-9,17,20,22-23,28-29H,3-7,10-16H2,1-2H3/t20-,22?,23-/m1/s1. The average molecular weight is 514 g/mol. The third kappa shape index (κ3) is 7.31. The van der Waals surface area contributed by atoms with Crippen LogP contribution in [0.2, 0.25) is 10.0 Å². The Morgan fingerprint density at radius 1 is 1.12 bits per heavy atom. The maximum atomic E-state index is 13.5. The van der Waals surface area contributed by atoms with Gasteiger partial charge in [-0.1, -0.05) is 42.1 Å². The molecule has 34 heavy (non-hydrogen) atoms. The molecule has 2 N–H and O–H groups in total. The lowest BCUT2D eigenvalue weighted by atomic mass is 9.83. The fourth-order valence-electron chi connectivity index (χ4n) is 5.09. The van der Waals surface area contributed by atoms with Gasteiger partial charge in [-0.15, -0.1) is 0 Å². The quantitative estimate of drug-likeness (QED) is 0.370. The first-order chi connectivity index (χ1) is 16.4. The Hall–Kier alpha value is -1.38. The number of nitrogens with zero attached hydrogens (tertiary/aromatic N) is 2. The Kier molecular flexibility index (Phi) is 10.9. The summed E-state index contributed by atoms with van der Waals surface area (Å²) in [6.45, 7) is 6.59. The van der Waals surface area contributed by atoms with Crippen LogP contribution in [-0.2, 0) is 20.7 Å². The van der Waals surface area contributed by atoms with E-state index in [1.54, 1.807) is 12.1 Å². The summed E-state index contributed by atoms with van der Waals surface area (Å²) in [5.41, 5.74) is 0.902. The van der Waals surface area contributed by atoms with Crippen molar-refractivity contribution in [3.8, 4) is 0 Å². The molecule has 1 aromatic rings. The number of amides is 1. The summed E-state index contributed by atoms with van der Waals surface area (Å²) in [7, 11) is 1.89. The van der Waals surface area contributed by atoms with Gasteiger partial charge < -0.3 is 20.3 Å². The van der Waals surface area contributed by atoms with Crippen LogP contribution in [0.5, 0.6) is 0 Å². The first kappa shape index (κ1) is 27.2. The Balaban J connectivity index is 1.62. The smallest absolute Gasteiger partial charge is 0.310 e. The number of benzene rings is 1. The third-order valence-electron chi connectivity index (χ3n) is 6.92. The van der Waals surface area contributed by atoms with Crippen LogP contribution in [0.25, 0.3) is 0 Å². The van der Waals surface area contributed by atoms with Crippen LogP contribution in [0.15, 0.2) is 18.2 Å². The zero-order chi connectivity index (χ0) is 24.5. The molecule has 0 spiro atoms. The van der Waals surface area contributed by atoms with Gasteiger partial charge in [0.15, 0.2) is 0 Å². The Morgan fingerprint density at radius 2 is 1.85 bits per heavy atom. The first-order valence-electron chi connectivity index (χ1n) is 12.5. The topological polar surface area (TPSA) is 73.9 Å². The van der Waals surface area contributed by atoms with Gasteiger partial charge in [0.2, 0.25) is 5.91 Å². The molecule has 1 aliphatic carbocycles. The van der Waals surface area contributed by atoms with Crippen LogP contribution < -0.4 is 10.6 Å². The third-order valence-corrected chi connectivity index (χ3v) is 7.50. The van der Waals surface area contributed by atoms with Crippen molar-refractivity contribution in [1.29, 1.82) is 0 Å². The van der Waals surface area contributed by atoms with Crippen molar-refractivity contribution in [2.24, 2.45) is 5.92 Å². The lowest BCUT2D eigenvalue weighted by molar-refractivity contribution is -0.153. The van der Waals surface area contributed by atoms with Crippen LogP contribution >= 0.6 is 23.2 Å². The number of piperazine rings is 1. The van der Waals surface area contributed by atoms with Gasteiger partial charge in [-0.05, 0) is 50.9 Å². The van der Waals surface area contributed by atoms with Gasteiger partial charge in [0.25, 0.3) is 0 Å². The molecular formula is C25H38Cl2N4O3. The van der Waals surface area contributed by atoms with Crippen LogP contribution in [0.3, 0.4) is 0 Å². The second-order valence-electron chi connectivity index (χ2n) is 9.12. The van der Waals surface area contributed by atoms with Crippen molar-refractivity contribution in [3.63, 3.8) is 0 Å². The minimum atomic E-state index is -0.361. The Morgan fingerprint density at radius 3 is 2.53 bits per heavy atom. The summed E-state index contributed by atoms with van der Waals surface area (Å²) in [6.07, 6.45) is 4.62. The Labute approximate surface area is 213 Å². The van der Waals surface area contributed by atoms with Crippen molar-refractivity contribution < 1.29 is 14.3 Å². The van der Waals surface area contributed by atoms with E-state index in [9.17, 15) is 9.59 Å². The fourth-order valence-corrected chi connectivity index (χ4v) is 5.58. The van der Waals surface area contributed by atoms with E-state index in [4.69, 9.17) is 27.9 Å². The summed E-state index contributed by atoms with van der Waals surface area (Å²) in [4.78, 5) is 30.3. The van der Waals surface area contributed by atoms with Crippen molar-refractivity contribution in [3.05, 3.63) is 33.8 Å². The molecule has 0 aromatic heterocycles. The molecule has 1 saturated carbocycles. The van der Waals surface area contributed by atoms with Crippen LogP contribution in [-0.4, -0.2) is 86.7 Å². The minimum absolute atomic E-state index is 0.0565. The summed E-state index contributed by atoms with van der Waals surface area (Å²) < 4.78 is 5.35. The van der Waals surface area contributed by atoms with E-state index in [0.717, 1.165) is 50.9 Å². The van der Waals surface area contributed by atoms with Crippen molar-refractivity contribution in [2.45, 2.75) is 51.1 Å². The van der Waals surface area contributed by atoms with E-state index in [0.29, 0.717) is 42.7 Å². The SMILES string of the molecule is CCOC(=O)[C@@H]1CCCC[C@H]1N1CCN(C(=O)C(Cc2ccc(Cl)cc2Cl)NCCNC)CC1. The van der Waals surface area contributed by atoms with Gasteiger partial charge in [0, 0.05) is 55.4 Å². The normalized spacial score (nSPS) is 22.4. The molecule has 1 saturated heterocycles. The second-order valence-corrected chi connectivity index (χ2v) is 9.97. The number of ether oxygens (including phenoxy) is 1. The summed E-state index contributed by atoms with van der Waals surface area (Å²) >= 11 is 12.4. The molecule has 190 valence electrons. The molecule has 2 fully saturated rings. The highest BCUT2D eigenvalue weighted by atomic mass is 35.5. The van der Waals surface area contributed by atoms with E-state index in [-0.39, 0.29) is 29.9 Å². The summed E-state index contributed by atoms with van der Waals surface area (Å²) in [5, 5.41) is 7.67.